The number of aromatic nitrogens is 4. The summed E-state index contributed by atoms with van der Waals surface area (Å²) in [5.41, 5.74) is 0. The summed E-state index contributed by atoms with van der Waals surface area (Å²) in [6.45, 7) is 3.16. The predicted octanol–water partition coefficient (Wildman–Crippen LogP) is 1.53. The fraction of sp³-hybridized carbons (Fsp3) is 0.417. The van der Waals surface area contributed by atoms with Crippen LogP contribution in [0.1, 0.15) is 0 Å². The molecule has 0 aliphatic carbocycles. The summed E-state index contributed by atoms with van der Waals surface area (Å²) in [6, 6.07) is 1.98. The number of rotatable bonds is 4. The van der Waals surface area contributed by atoms with Gasteiger partial charge in [-0.1, -0.05) is 11.8 Å². The Balaban J connectivity index is 1.58. The normalized spacial score (nSPS) is 15.7. The lowest BCUT2D eigenvalue weighted by molar-refractivity contribution is 0.354. The van der Waals surface area contributed by atoms with Crippen molar-refractivity contribution in [3.63, 3.8) is 0 Å². The number of thioether (sulfide) groups is 1. The second kappa shape index (κ2) is 4.97. The number of anilines is 1. The quantitative estimate of drug-likeness (QED) is 0.617. The Hall–Kier alpha value is -1.56. The molecule has 0 aromatic carbocycles. The molecule has 5 nitrogen and oxygen atoms in total. The summed E-state index contributed by atoms with van der Waals surface area (Å²) in [4.78, 5) is 15.0. The average molecular weight is 261 g/mol. The lowest BCUT2D eigenvalue weighted by Crippen LogP contribution is -2.48. The smallest absolute Gasteiger partial charge is 0.189 e. The van der Waals surface area contributed by atoms with Gasteiger partial charge in [0.15, 0.2) is 5.16 Å². The first kappa shape index (κ1) is 11.5. The maximum atomic E-state index is 4.50. The molecule has 6 heteroatoms. The fourth-order valence-electron chi connectivity index (χ4n) is 2.17. The van der Waals surface area contributed by atoms with Crippen LogP contribution in [0.15, 0.2) is 36.1 Å². The van der Waals surface area contributed by atoms with E-state index in [0.29, 0.717) is 5.92 Å². The summed E-state index contributed by atoms with van der Waals surface area (Å²) in [5, 5.41) is 0.838. The Morgan fingerprint density at radius 3 is 3.00 bits per heavy atom. The molecule has 0 saturated carbocycles. The van der Waals surface area contributed by atoms with Gasteiger partial charge in [0, 0.05) is 44.1 Å². The molecule has 0 radical (unpaired) electrons. The molecule has 1 aliphatic rings. The molecule has 0 amide bonds. The molecule has 0 spiro atoms. The largest absolute Gasteiger partial charge is 0.356 e. The molecule has 0 atom stereocenters. The molecule has 3 heterocycles. The summed E-state index contributed by atoms with van der Waals surface area (Å²) < 4.78 is 2.13. The van der Waals surface area contributed by atoms with Crippen LogP contribution in [0, 0.1) is 5.92 Å². The predicted molar refractivity (Wildman–Crippen MR) is 71.7 cm³/mol. The summed E-state index contributed by atoms with van der Waals surface area (Å²) >= 11 is 1.58. The standard InChI is InChI=1S/C12H15N5S/c1-18-12-14-3-2-11(15-12)17-7-10(8-17)6-16-5-4-13-9-16/h2-5,9-10H,6-8H2,1H3. The highest BCUT2D eigenvalue weighted by atomic mass is 32.2. The van der Waals surface area contributed by atoms with Crippen LogP contribution >= 0.6 is 11.8 Å². The maximum Gasteiger partial charge on any atom is 0.189 e. The highest BCUT2D eigenvalue weighted by Gasteiger charge is 2.27. The van der Waals surface area contributed by atoms with E-state index in [4.69, 9.17) is 0 Å². The minimum Gasteiger partial charge on any atom is -0.356 e. The van der Waals surface area contributed by atoms with Crippen LogP contribution in [0.25, 0.3) is 0 Å². The number of nitrogens with zero attached hydrogens (tertiary/aromatic N) is 5. The van der Waals surface area contributed by atoms with Gasteiger partial charge in [-0.25, -0.2) is 15.0 Å². The van der Waals surface area contributed by atoms with Gasteiger partial charge >= 0.3 is 0 Å². The van der Waals surface area contributed by atoms with Crippen LogP contribution in [0.3, 0.4) is 0 Å². The highest BCUT2D eigenvalue weighted by Crippen LogP contribution is 2.24. The molecule has 0 N–H and O–H groups in total. The van der Waals surface area contributed by atoms with Crippen molar-refractivity contribution < 1.29 is 0 Å². The second-order valence-corrected chi connectivity index (χ2v) is 5.21. The number of hydrogen-bond donors (Lipinski definition) is 0. The molecule has 1 aliphatic heterocycles. The summed E-state index contributed by atoms with van der Waals surface area (Å²) in [6.07, 6.45) is 9.54. The maximum absolute atomic E-state index is 4.50. The van der Waals surface area contributed by atoms with Gasteiger partial charge in [0.25, 0.3) is 0 Å². The molecule has 1 fully saturated rings. The minimum absolute atomic E-state index is 0.687. The van der Waals surface area contributed by atoms with Crippen molar-refractivity contribution in [3.05, 3.63) is 31.0 Å². The van der Waals surface area contributed by atoms with Gasteiger partial charge in [0.05, 0.1) is 6.33 Å². The fourth-order valence-corrected chi connectivity index (χ4v) is 2.52. The van der Waals surface area contributed by atoms with Crippen molar-refractivity contribution in [2.45, 2.75) is 11.7 Å². The Kier molecular flexibility index (Phi) is 3.19. The van der Waals surface area contributed by atoms with Gasteiger partial charge in [-0.05, 0) is 12.3 Å². The van der Waals surface area contributed by atoms with E-state index in [9.17, 15) is 0 Å². The van der Waals surface area contributed by atoms with Gasteiger partial charge in [-0.2, -0.15) is 0 Å². The van der Waals surface area contributed by atoms with Crippen molar-refractivity contribution in [3.8, 4) is 0 Å². The lowest BCUT2D eigenvalue weighted by atomic mass is 10.0. The summed E-state index contributed by atoms with van der Waals surface area (Å²) in [5.74, 6) is 1.73. The van der Waals surface area contributed by atoms with Crippen molar-refractivity contribution in [1.82, 2.24) is 19.5 Å². The third-order valence-corrected chi connectivity index (χ3v) is 3.67. The first-order valence-corrected chi connectivity index (χ1v) is 7.15. The van der Waals surface area contributed by atoms with E-state index in [1.54, 1.807) is 11.8 Å². The van der Waals surface area contributed by atoms with Crippen LogP contribution < -0.4 is 4.90 Å². The van der Waals surface area contributed by atoms with Gasteiger partial charge in [-0.3, -0.25) is 0 Å². The second-order valence-electron chi connectivity index (χ2n) is 4.43. The molecular weight excluding hydrogens is 246 g/mol. The molecule has 3 rings (SSSR count). The molecule has 0 unspecified atom stereocenters. The zero-order valence-electron chi connectivity index (χ0n) is 10.2. The molecule has 94 valence electrons. The Bertz CT molecular complexity index is 507. The van der Waals surface area contributed by atoms with Gasteiger partial charge in [0.1, 0.15) is 5.82 Å². The van der Waals surface area contributed by atoms with Crippen LogP contribution in [0.4, 0.5) is 5.82 Å². The van der Waals surface area contributed by atoms with Crippen molar-refractivity contribution >= 4 is 17.6 Å². The molecule has 2 aromatic rings. The highest BCUT2D eigenvalue weighted by molar-refractivity contribution is 7.98. The Labute approximate surface area is 110 Å². The first-order valence-electron chi connectivity index (χ1n) is 5.93. The van der Waals surface area contributed by atoms with E-state index in [1.807, 2.05) is 37.2 Å². The SMILES string of the molecule is CSc1nccc(N2CC(Cn3ccnc3)C2)n1. The van der Waals surface area contributed by atoms with Crippen LogP contribution in [-0.4, -0.2) is 38.9 Å². The monoisotopic (exact) mass is 261 g/mol. The van der Waals surface area contributed by atoms with E-state index in [-0.39, 0.29) is 0 Å². The molecule has 0 bridgehead atoms. The molecule has 1 saturated heterocycles. The third-order valence-electron chi connectivity index (χ3n) is 3.11. The van der Waals surface area contributed by atoms with E-state index in [2.05, 4.69) is 24.4 Å². The molecule has 18 heavy (non-hydrogen) atoms. The van der Waals surface area contributed by atoms with Gasteiger partial charge in [-0.15, -0.1) is 0 Å². The Morgan fingerprint density at radius 1 is 1.39 bits per heavy atom. The van der Waals surface area contributed by atoms with Crippen molar-refractivity contribution in [2.75, 3.05) is 24.2 Å². The van der Waals surface area contributed by atoms with Crippen LogP contribution in [0.5, 0.6) is 0 Å². The lowest BCUT2D eigenvalue weighted by Gasteiger charge is -2.40. The molecular formula is C12H15N5S. The van der Waals surface area contributed by atoms with Gasteiger partial charge < -0.3 is 9.47 Å². The van der Waals surface area contributed by atoms with Crippen LogP contribution in [0.2, 0.25) is 0 Å². The third kappa shape index (κ3) is 2.33. The van der Waals surface area contributed by atoms with E-state index < -0.39 is 0 Å². The Morgan fingerprint density at radius 2 is 2.28 bits per heavy atom. The van der Waals surface area contributed by atoms with E-state index in [0.717, 1.165) is 30.6 Å². The van der Waals surface area contributed by atoms with Gasteiger partial charge in [0.2, 0.25) is 0 Å². The minimum atomic E-state index is 0.687. The number of hydrogen-bond acceptors (Lipinski definition) is 5. The summed E-state index contributed by atoms with van der Waals surface area (Å²) in [7, 11) is 0. The molecule has 2 aromatic heterocycles. The van der Waals surface area contributed by atoms with Crippen molar-refractivity contribution in [1.29, 1.82) is 0 Å². The van der Waals surface area contributed by atoms with E-state index in [1.165, 1.54) is 0 Å². The van der Waals surface area contributed by atoms with E-state index >= 15 is 0 Å². The zero-order valence-corrected chi connectivity index (χ0v) is 11.0. The topological polar surface area (TPSA) is 46.8 Å². The first-order chi connectivity index (χ1) is 8.85. The zero-order chi connectivity index (χ0) is 12.4. The number of imidazole rings is 1. The van der Waals surface area contributed by atoms with Crippen LogP contribution in [-0.2, 0) is 6.54 Å². The van der Waals surface area contributed by atoms with Crippen molar-refractivity contribution in [2.24, 2.45) is 5.92 Å². The average Bonchev–Trinajstić information content (AvgIpc) is 2.86.